The molecule has 0 heterocycles. The van der Waals surface area contributed by atoms with Crippen LogP contribution in [0.3, 0.4) is 0 Å². The fourth-order valence-electron chi connectivity index (χ4n) is 2.73. The number of aliphatic carboxylic acids is 1. The molecule has 0 bridgehead atoms. The molecule has 3 rings (SSSR count). The van der Waals surface area contributed by atoms with E-state index in [1.54, 1.807) is 18.2 Å². The van der Waals surface area contributed by atoms with E-state index in [1.165, 1.54) is 30.3 Å². The predicted octanol–water partition coefficient (Wildman–Crippen LogP) is 3.83. The van der Waals surface area contributed by atoms with Crippen LogP contribution in [0.1, 0.15) is 12.0 Å². The molecule has 0 aliphatic heterocycles. The number of rotatable bonds is 5. The monoisotopic (exact) mass is 358 g/mol. The van der Waals surface area contributed by atoms with Crippen molar-refractivity contribution in [1.29, 1.82) is 0 Å². The Kier molecular flexibility index (Phi) is 4.55. The molecule has 0 spiro atoms. The molecule has 128 valence electrons. The number of carboxylic acids is 1. The molecule has 0 fully saturated rings. The summed E-state index contributed by atoms with van der Waals surface area (Å²) in [5.41, 5.74) is 0.842. The summed E-state index contributed by atoms with van der Waals surface area (Å²) in [6.07, 6.45) is 0.366. The lowest BCUT2D eigenvalue weighted by Gasteiger charge is -2.09. The Labute approximate surface area is 144 Å². The molecule has 0 amide bonds. The topological polar surface area (TPSA) is 71.4 Å². The number of hydrogen-bond acceptors (Lipinski definition) is 3. The van der Waals surface area contributed by atoms with Crippen molar-refractivity contribution in [3.05, 3.63) is 72.0 Å². The van der Waals surface area contributed by atoms with Crippen LogP contribution in [0, 0.1) is 5.82 Å². The van der Waals surface area contributed by atoms with Gasteiger partial charge in [-0.15, -0.1) is 0 Å². The molecule has 0 saturated carbocycles. The Morgan fingerprint density at radius 3 is 2.40 bits per heavy atom. The van der Waals surface area contributed by atoms with Gasteiger partial charge in [-0.05, 0) is 53.1 Å². The first-order valence-electron chi connectivity index (χ1n) is 7.62. The normalized spacial score (nSPS) is 11.6. The highest BCUT2D eigenvalue weighted by Gasteiger charge is 2.19. The summed E-state index contributed by atoms with van der Waals surface area (Å²) in [6.45, 7) is 0. The van der Waals surface area contributed by atoms with E-state index in [0.717, 1.165) is 17.0 Å². The molecule has 0 aliphatic carbocycles. The molecule has 0 aliphatic rings. The van der Waals surface area contributed by atoms with Crippen LogP contribution in [0.25, 0.3) is 10.8 Å². The summed E-state index contributed by atoms with van der Waals surface area (Å²) in [5.74, 6) is -1.50. The summed E-state index contributed by atoms with van der Waals surface area (Å²) in [4.78, 5) is 10.7. The van der Waals surface area contributed by atoms with Gasteiger partial charge in [-0.3, -0.25) is 4.79 Å². The highest BCUT2D eigenvalue weighted by Crippen LogP contribution is 2.27. The maximum Gasteiger partial charge on any atom is 0.303 e. The highest BCUT2D eigenvalue weighted by molar-refractivity contribution is 7.91. The molecule has 3 aromatic rings. The number of hydrogen-bond donors (Lipinski definition) is 1. The smallest absolute Gasteiger partial charge is 0.303 e. The van der Waals surface area contributed by atoms with Crippen LogP contribution in [-0.4, -0.2) is 19.5 Å². The summed E-state index contributed by atoms with van der Waals surface area (Å²) in [7, 11) is -3.83. The number of carbonyl (C=O) groups is 1. The van der Waals surface area contributed by atoms with E-state index in [1.807, 2.05) is 6.07 Å². The van der Waals surface area contributed by atoms with Gasteiger partial charge in [0.25, 0.3) is 0 Å². The van der Waals surface area contributed by atoms with E-state index in [-0.39, 0.29) is 16.2 Å². The number of benzene rings is 3. The summed E-state index contributed by atoms with van der Waals surface area (Å²) in [6, 6.07) is 14.9. The van der Waals surface area contributed by atoms with Gasteiger partial charge >= 0.3 is 5.97 Å². The minimum Gasteiger partial charge on any atom is -0.481 e. The van der Waals surface area contributed by atoms with Crippen LogP contribution in [0.15, 0.2) is 70.5 Å². The molecule has 0 unspecified atom stereocenters. The third kappa shape index (κ3) is 3.53. The van der Waals surface area contributed by atoms with E-state index in [2.05, 4.69) is 0 Å². The van der Waals surface area contributed by atoms with Crippen molar-refractivity contribution in [1.82, 2.24) is 0 Å². The molecule has 4 nitrogen and oxygen atoms in total. The Balaban J connectivity index is 2.06. The lowest BCUT2D eigenvalue weighted by atomic mass is 10.0. The van der Waals surface area contributed by atoms with Crippen LogP contribution in [-0.2, 0) is 21.1 Å². The molecule has 0 atom stereocenters. The fourth-order valence-corrected chi connectivity index (χ4v) is 4.05. The molecule has 0 saturated heterocycles. The van der Waals surface area contributed by atoms with Gasteiger partial charge in [0.15, 0.2) is 0 Å². The van der Waals surface area contributed by atoms with Crippen LogP contribution < -0.4 is 0 Å². The lowest BCUT2D eigenvalue weighted by molar-refractivity contribution is -0.136. The standard InChI is InChI=1S/C19H15FO4S/c20-15-5-2-6-16(12-15)25(23,24)17-8-9-18-13(7-10-19(21)22)3-1-4-14(18)11-17/h1-6,8-9,11-12H,7,10H2,(H,21,22). The van der Waals surface area contributed by atoms with Crippen molar-refractivity contribution in [3.63, 3.8) is 0 Å². The molecular formula is C19H15FO4S. The van der Waals surface area contributed by atoms with Crippen LogP contribution in [0.5, 0.6) is 0 Å². The summed E-state index contributed by atoms with van der Waals surface area (Å²) < 4.78 is 38.7. The maximum absolute atomic E-state index is 13.4. The van der Waals surface area contributed by atoms with Crippen molar-refractivity contribution in [3.8, 4) is 0 Å². The molecule has 1 N–H and O–H groups in total. The SMILES string of the molecule is O=C(O)CCc1cccc2cc(S(=O)(=O)c3cccc(F)c3)ccc12. The van der Waals surface area contributed by atoms with E-state index >= 15 is 0 Å². The van der Waals surface area contributed by atoms with Gasteiger partial charge < -0.3 is 5.11 Å². The molecule has 0 radical (unpaired) electrons. The number of fused-ring (bicyclic) bond motifs is 1. The first-order valence-corrected chi connectivity index (χ1v) is 9.10. The van der Waals surface area contributed by atoms with E-state index in [4.69, 9.17) is 5.11 Å². The van der Waals surface area contributed by atoms with E-state index < -0.39 is 21.6 Å². The second kappa shape index (κ2) is 6.64. The quantitative estimate of drug-likeness (QED) is 0.752. The van der Waals surface area contributed by atoms with Crippen LogP contribution in [0.2, 0.25) is 0 Å². The Hall–Kier alpha value is -2.73. The lowest BCUT2D eigenvalue weighted by Crippen LogP contribution is -2.03. The fraction of sp³-hybridized carbons (Fsp3) is 0.105. The minimum atomic E-state index is -3.83. The van der Waals surface area contributed by atoms with Crippen molar-refractivity contribution >= 4 is 26.6 Å². The summed E-state index contributed by atoms with van der Waals surface area (Å²) >= 11 is 0. The van der Waals surface area contributed by atoms with Crippen LogP contribution >= 0.6 is 0 Å². The van der Waals surface area contributed by atoms with E-state index in [0.29, 0.717) is 11.8 Å². The Morgan fingerprint density at radius 1 is 0.960 bits per heavy atom. The average Bonchev–Trinajstić information content (AvgIpc) is 2.59. The molecule has 25 heavy (non-hydrogen) atoms. The van der Waals surface area contributed by atoms with Gasteiger partial charge in [0.05, 0.1) is 9.79 Å². The number of sulfone groups is 1. The average molecular weight is 358 g/mol. The second-order valence-corrected chi connectivity index (χ2v) is 7.60. The van der Waals surface area contributed by atoms with Crippen molar-refractivity contribution < 1.29 is 22.7 Å². The third-order valence-corrected chi connectivity index (χ3v) is 5.72. The van der Waals surface area contributed by atoms with Gasteiger partial charge in [-0.1, -0.05) is 30.3 Å². The van der Waals surface area contributed by atoms with E-state index in [9.17, 15) is 17.6 Å². The Bertz CT molecular complexity index is 1060. The first-order chi connectivity index (χ1) is 11.9. The summed E-state index contributed by atoms with van der Waals surface area (Å²) in [5, 5.41) is 10.3. The third-order valence-electron chi connectivity index (χ3n) is 3.97. The van der Waals surface area contributed by atoms with Gasteiger partial charge in [0.1, 0.15) is 5.82 Å². The van der Waals surface area contributed by atoms with Gasteiger partial charge in [0.2, 0.25) is 9.84 Å². The van der Waals surface area contributed by atoms with Crippen molar-refractivity contribution in [2.45, 2.75) is 22.6 Å². The zero-order valence-corrected chi connectivity index (χ0v) is 14.0. The number of carboxylic acid groups (broad SMARTS) is 1. The van der Waals surface area contributed by atoms with Gasteiger partial charge in [-0.25, -0.2) is 12.8 Å². The Morgan fingerprint density at radius 2 is 1.68 bits per heavy atom. The molecule has 3 aromatic carbocycles. The van der Waals surface area contributed by atoms with Crippen molar-refractivity contribution in [2.75, 3.05) is 0 Å². The minimum absolute atomic E-state index is 0.00244. The molecule has 6 heteroatoms. The highest BCUT2D eigenvalue weighted by atomic mass is 32.2. The number of aryl methyl sites for hydroxylation is 1. The maximum atomic E-state index is 13.4. The van der Waals surface area contributed by atoms with Crippen molar-refractivity contribution in [2.24, 2.45) is 0 Å². The zero-order valence-electron chi connectivity index (χ0n) is 13.1. The first kappa shape index (κ1) is 17.1. The zero-order chi connectivity index (χ0) is 18.0. The largest absolute Gasteiger partial charge is 0.481 e. The van der Waals surface area contributed by atoms with Crippen LogP contribution in [0.4, 0.5) is 4.39 Å². The van der Waals surface area contributed by atoms with Gasteiger partial charge in [-0.2, -0.15) is 0 Å². The molecule has 0 aromatic heterocycles. The van der Waals surface area contributed by atoms with Gasteiger partial charge in [0, 0.05) is 6.42 Å². The molecular weight excluding hydrogens is 343 g/mol. The predicted molar refractivity (Wildman–Crippen MR) is 91.8 cm³/mol. The number of halogens is 1. The second-order valence-electron chi connectivity index (χ2n) is 5.65.